The summed E-state index contributed by atoms with van der Waals surface area (Å²) >= 11 is 0. The number of rotatable bonds is 4. The molecule has 0 N–H and O–H groups in total. The Hall–Kier alpha value is -6.58. The summed E-state index contributed by atoms with van der Waals surface area (Å²) in [5.41, 5.74) is 15.7. The number of para-hydroxylation sites is 2. The van der Waals surface area contributed by atoms with Gasteiger partial charge in [0.2, 0.25) is 0 Å². The first-order chi connectivity index (χ1) is 28.5. The SMILES string of the molecule is CC(C)(C)c1cc(-c2ccc3oc4ccccc4c3c2)c2c(c1)c1cc(C(C)(C)C)cc(-c3ccc4oc5ccccc5c4c3)c1n2-c1ccc(C2C=CC=CC2)cc1. The topological polar surface area (TPSA) is 31.2 Å². The molecule has 3 heterocycles. The van der Waals surface area contributed by atoms with Crippen LogP contribution < -0.4 is 0 Å². The third kappa shape index (κ3) is 5.78. The van der Waals surface area contributed by atoms with Gasteiger partial charge in [0.1, 0.15) is 22.3 Å². The molecule has 0 fully saturated rings. The molecule has 1 atom stereocenters. The Morgan fingerprint density at radius 3 is 1.44 bits per heavy atom. The zero-order valence-electron chi connectivity index (χ0n) is 34.6. The van der Waals surface area contributed by atoms with Crippen molar-refractivity contribution in [3.8, 4) is 27.9 Å². The van der Waals surface area contributed by atoms with Gasteiger partial charge in [0.05, 0.1) is 11.0 Å². The molecule has 3 heteroatoms. The van der Waals surface area contributed by atoms with Crippen molar-refractivity contribution >= 4 is 65.7 Å². The average Bonchev–Trinajstić information content (AvgIpc) is 3.92. The first-order valence-corrected chi connectivity index (χ1v) is 20.9. The van der Waals surface area contributed by atoms with Gasteiger partial charge in [0, 0.05) is 55.0 Å². The van der Waals surface area contributed by atoms with Crippen LogP contribution in [0.5, 0.6) is 0 Å². The van der Waals surface area contributed by atoms with Gasteiger partial charge in [-0.15, -0.1) is 0 Å². The Morgan fingerprint density at radius 2 is 0.966 bits per heavy atom. The molecule has 0 amide bonds. The maximum absolute atomic E-state index is 6.35. The first kappa shape index (κ1) is 35.6. The van der Waals surface area contributed by atoms with Gasteiger partial charge < -0.3 is 13.4 Å². The number of benzene rings is 7. The number of aromatic nitrogens is 1. The highest BCUT2D eigenvalue weighted by Crippen LogP contribution is 2.47. The second-order valence-corrected chi connectivity index (χ2v) is 18.5. The van der Waals surface area contributed by atoms with E-state index >= 15 is 0 Å². The zero-order chi connectivity index (χ0) is 40.2. The third-order valence-corrected chi connectivity index (χ3v) is 12.6. The number of nitrogens with zero attached hydrogens (tertiary/aromatic N) is 1. The fourth-order valence-corrected chi connectivity index (χ4v) is 9.32. The van der Waals surface area contributed by atoms with Crippen molar-refractivity contribution in [3.05, 3.63) is 174 Å². The molecule has 10 aromatic rings. The van der Waals surface area contributed by atoms with Crippen LogP contribution in [0.25, 0.3) is 93.6 Å². The summed E-state index contributed by atoms with van der Waals surface area (Å²) in [5.74, 6) is 0.370. The maximum atomic E-state index is 6.35. The molecule has 3 aromatic heterocycles. The predicted molar refractivity (Wildman–Crippen MR) is 249 cm³/mol. The van der Waals surface area contributed by atoms with Crippen LogP contribution >= 0.6 is 0 Å². The van der Waals surface area contributed by atoms with E-state index in [1.54, 1.807) is 0 Å². The Morgan fingerprint density at radius 1 is 0.475 bits per heavy atom. The van der Waals surface area contributed by atoms with Crippen molar-refractivity contribution in [2.75, 3.05) is 0 Å². The van der Waals surface area contributed by atoms with Crippen molar-refractivity contribution in [3.63, 3.8) is 0 Å². The van der Waals surface area contributed by atoms with Crippen LogP contribution in [0.3, 0.4) is 0 Å². The van der Waals surface area contributed by atoms with Crippen LogP contribution in [0.4, 0.5) is 0 Å². The van der Waals surface area contributed by atoms with E-state index in [1.807, 2.05) is 12.1 Å². The molecule has 1 aliphatic carbocycles. The van der Waals surface area contributed by atoms with Gasteiger partial charge >= 0.3 is 0 Å². The smallest absolute Gasteiger partial charge is 0.135 e. The van der Waals surface area contributed by atoms with Gasteiger partial charge in [-0.2, -0.15) is 0 Å². The Bertz CT molecular complexity index is 3180. The van der Waals surface area contributed by atoms with Crippen molar-refractivity contribution in [1.82, 2.24) is 4.57 Å². The van der Waals surface area contributed by atoms with Gasteiger partial charge in [-0.3, -0.25) is 0 Å². The fourth-order valence-electron chi connectivity index (χ4n) is 9.32. The highest BCUT2D eigenvalue weighted by atomic mass is 16.3. The van der Waals surface area contributed by atoms with Crippen LogP contribution in [0.1, 0.15) is 70.6 Å². The second-order valence-electron chi connectivity index (χ2n) is 18.5. The molecule has 0 spiro atoms. The van der Waals surface area contributed by atoms with E-state index in [4.69, 9.17) is 8.83 Å². The van der Waals surface area contributed by atoms with Gasteiger partial charge in [0.25, 0.3) is 0 Å². The molecule has 7 aromatic carbocycles. The lowest BCUT2D eigenvalue weighted by Crippen LogP contribution is -2.11. The molecule has 0 saturated carbocycles. The lowest BCUT2D eigenvalue weighted by molar-refractivity contribution is 0.590. The molecular weight excluding hydrogens is 719 g/mol. The molecule has 59 heavy (non-hydrogen) atoms. The highest BCUT2D eigenvalue weighted by Gasteiger charge is 2.27. The van der Waals surface area contributed by atoms with E-state index in [0.717, 1.165) is 56.0 Å². The molecule has 11 rings (SSSR count). The lowest BCUT2D eigenvalue weighted by Gasteiger charge is -2.22. The molecule has 1 unspecified atom stereocenters. The molecular formula is C56H47NO2. The Balaban J connectivity index is 1.29. The molecule has 0 radical (unpaired) electrons. The van der Waals surface area contributed by atoms with E-state index in [1.165, 1.54) is 60.8 Å². The first-order valence-electron chi connectivity index (χ1n) is 20.9. The number of fused-ring (bicyclic) bond motifs is 9. The van der Waals surface area contributed by atoms with Gasteiger partial charge in [-0.25, -0.2) is 0 Å². The van der Waals surface area contributed by atoms with E-state index < -0.39 is 0 Å². The van der Waals surface area contributed by atoms with Crippen LogP contribution in [0, 0.1) is 0 Å². The molecule has 0 saturated heterocycles. The standard InChI is InChI=1S/C56H47NO2/c1-55(2,3)38-30-43(36-22-26-51-45(28-36)41-16-10-12-18-49(41)58-51)53-47(32-38)48-33-39(56(4,5)6)31-44(37-23-27-52-46(29-37)42-17-11-13-19-50(42)59-52)54(48)57(53)40-24-20-35(21-25-40)34-14-8-7-9-15-34/h7-14,16-34H,15H2,1-6H3. The summed E-state index contributed by atoms with van der Waals surface area (Å²) in [4.78, 5) is 0. The van der Waals surface area contributed by atoms with Crippen LogP contribution in [-0.2, 0) is 10.8 Å². The predicted octanol–water partition coefficient (Wildman–Crippen LogP) is 16.1. The second kappa shape index (κ2) is 13.0. The molecule has 0 bridgehead atoms. The molecule has 0 aliphatic heterocycles. The highest BCUT2D eigenvalue weighted by molar-refractivity contribution is 6.19. The summed E-state index contributed by atoms with van der Waals surface area (Å²) in [5, 5.41) is 7.04. The number of furan rings is 2. The lowest BCUT2D eigenvalue weighted by atomic mass is 9.82. The minimum absolute atomic E-state index is 0.0920. The quantitative estimate of drug-likeness (QED) is 0.179. The van der Waals surface area contributed by atoms with Gasteiger partial charge in [-0.1, -0.05) is 127 Å². The maximum Gasteiger partial charge on any atom is 0.135 e. The number of hydrogen-bond acceptors (Lipinski definition) is 2. The minimum atomic E-state index is -0.0920. The number of hydrogen-bond donors (Lipinski definition) is 0. The van der Waals surface area contributed by atoms with E-state index in [2.05, 4.69) is 192 Å². The fraction of sp³-hybridized carbons (Fsp3) is 0.179. The van der Waals surface area contributed by atoms with Crippen LogP contribution in [0.15, 0.2) is 167 Å². The number of allylic oxidation sites excluding steroid dienone is 4. The monoisotopic (exact) mass is 765 g/mol. The summed E-state index contributed by atoms with van der Waals surface area (Å²) in [6.45, 7) is 14.0. The largest absolute Gasteiger partial charge is 0.456 e. The summed E-state index contributed by atoms with van der Waals surface area (Å²) in [7, 11) is 0. The van der Waals surface area contributed by atoms with Crippen molar-refractivity contribution < 1.29 is 8.83 Å². The average molecular weight is 766 g/mol. The van der Waals surface area contributed by atoms with E-state index in [0.29, 0.717) is 5.92 Å². The van der Waals surface area contributed by atoms with Crippen molar-refractivity contribution in [2.24, 2.45) is 0 Å². The molecule has 3 nitrogen and oxygen atoms in total. The normalized spacial score (nSPS) is 14.9. The summed E-state index contributed by atoms with van der Waals surface area (Å²) in [6.07, 6.45) is 9.92. The Labute approximate surface area is 344 Å². The summed E-state index contributed by atoms with van der Waals surface area (Å²) in [6, 6.07) is 49.4. The van der Waals surface area contributed by atoms with Gasteiger partial charge in [-0.05, 0) is 118 Å². The van der Waals surface area contributed by atoms with Crippen LogP contribution in [-0.4, -0.2) is 4.57 Å². The van der Waals surface area contributed by atoms with E-state index in [9.17, 15) is 0 Å². The van der Waals surface area contributed by atoms with E-state index in [-0.39, 0.29) is 10.8 Å². The molecule has 1 aliphatic rings. The molecule has 288 valence electrons. The zero-order valence-corrected chi connectivity index (χ0v) is 34.6. The van der Waals surface area contributed by atoms with Crippen molar-refractivity contribution in [1.29, 1.82) is 0 Å². The summed E-state index contributed by atoms with van der Waals surface area (Å²) < 4.78 is 15.3. The third-order valence-electron chi connectivity index (χ3n) is 12.6. The minimum Gasteiger partial charge on any atom is -0.456 e. The van der Waals surface area contributed by atoms with Crippen molar-refractivity contribution in [2.45, 2.75) is 64.7 Å². The van der Waals surface area contributed by atoms with Gasteiger partial charge in [0.15, 0.2) is 0 Å². The van der Waals surface area contributed by atoms with Crippen LogP contribution in [0.2, 0.25) is 0 Å². The Kier molecular flexibility index (Phi) is 7.82.